The Morgan fingerprint density at radius 2 is 0.733 bits per heavy atom. The van der Waals surface area contributed by atoms with Gasteiger partial charge in [-0.15, -0.1) is 0 Å². The second kappa shape index (κ2) is 17.2. The van der Waals surface area contributed by atoms with Crippen molar-refractivity contribution in [2.45, 2.75) is 6.42 Å². The van der Waals surface area contributed by atoms with Gasteiger partial charge in [-0.2, -0.15) is 0 Å². The van der Waals surface area contributed by atoms with Crippen molar-refractivity contribution in [1.82, 2.24) is 9.13 Å². The molecule has 0 saturated heterocycles. The molecule has 2 aromatic heterocycles. The van der Waals surface area contributed by atoms with E-state index < -0.39 is 0 Å². The molecule has 2 heteroatoms. The molecule has 0 aliphatic heterocycles. The summed E-state index contributed by atoms with van der Waals surface area (Å²) in [4.78, 5) is 0. The summed E-state index contributed by atoms with van der Waals surface area (Å²) in [6.07, 6.45) is 15.9. The first-order chi connectivity index (χ1) is 37.2. The molecule has 75 heavy (non-hydrogen) atoms. The molecule has 15 rings (SSSR count). The number of nitrogens with zero attached hydrogens (tertiary/aromatic N) is 2. The van der Waals surface area contributed by atoms with Gasteiger partial charge < -0.3 is 9.13 Å². The Hall–Kier alpha value is -9.76. The van der Waals surface area contributed by atoms with Gasteiger partial charge in [0.05, 0.1) is 33.8 Å². The van der Waals surface area contributed by atoms with Crippen LogP contribution in [0.15, 0.2) is 279 Å². The van der Waals surface area contributed by atoms with Crippen molar-refractivity contribution in [2.24, 2.45) is 0 Å². The number of aromatic nitrogens is 2. The van der Waals surface area contributed by atoms with E-state index in [0.29, 0.717) is 0 Å². The molecule has 12 aromatic carbocycles. The summed E-state index contributed by atoms with van der Waals surface area (Å²) in [6, 6.07) is 83.6. The van der Waals surface area contributed by atoms with E-state index in [1.165, 1.54) is 131 Å². The molecule has 0 radical (unpaired) electrons. The fraction of sp³-hybridized carbons (Fsp3) is 0.0137. The van der Waals surface area contributed by atoms with Gasteiger partial charge in [0, 0.05) is 38.2 Å². The van der Waals surface area contributed by atoms with Gasteiger partial charge in [-0.25, -0.2) is 0 Å². The molecule has 0 saturated carbocycles. The number of allylic oxidation sites excluding steroid dienone is 9. The average Bonchev–Trinajstić information content (AvgIpc) is 4.11. The van der Waals surface area contributed by atoms with E-state index in [1.807, 2.05) is 0 Å². The second-order valence-corrected chi connectivity index (χ2v) is 19.9. The number of rotatable bonds is 6. The molecular weight excluding hydrogens is 905 g/mol. The average molecular weight is 953 g/mol. The number of hydrogen-bond donors (Lipinski definition) is 0. The third-order valence-corrected chi connectivity index (χ3v) is 15.8. The maximum absolute atomic E-state index is 4.32. The smallest absolute Gasteiger partial charge is 0.0626 e. The van der Waals surface area contributed by atoms with E-state index >= 15 is 0 Å². The van der Waals surface area contributed by atoms with Gasteiger partial charge in [0.25, 0.3) is 0 Å². The van der Waals surface area contributed by atoms with Crippen molar-refractivity contribution in [3.05, 3.63) is 285 Å². The lowest BCUT2D eigenvalue weighted by Gasteiger charge is -2.22. The highest BCUT2D eigenvalue weighted by Gasteiger charge is 2.28. The summed E-state index contributed by atoms with van der Waals surface area (Å²) < 4.78 is 5.17. The lowest BCUT2D eigenvalue weighted by molar-refractivity contribution is 1.10. The molecule has 14 aromatic rings. The standard InChI is InChI=1S/C73H48N2/c1-47-21-3-2-4-26-51(30-15-22-47)72-70(57-38-16-27-48-23-5-8-33-54(48)57)60-36-11-13-43-64(60)74(72)66-45-52-31-20-42-63-67(46-53-32-19-41-62(66)68(53)69(52)63)75-65-44-14-12-37-61(65)71(58-39-17-28-49-24-6-9-34-55(49)58)73(75)59-40-18-29-50-25-7-10-35-56(50)59/h2-25,27-46H,1,26H2/b4-2-,21-3-,22-15-,51-30+. The van der Waals surface area contributed by atoms with Gasteiger partial charge in [-0.05, 0) is 107 Å². The van der Waals surface area contributed by atoms with Gasteiger partial charge in [-0.3, -0.25) is 0 Å². The minimum absolute atomic E-state index is 0.743. The SMILES string of the molecule is C=C1/C=C\C=C/C/C(c2c(-c3cccc4ccccc34)c3ccccc3n2-c2cc3cccc4c(-n5c(-c6cccc7ccccc67)c(-c6cccc7ccccc67)c6ccccc65)cc5cccc2c5c34)=C\C=C/1. The van der Waals surface area contributed by atoms with Crippen molar-refractivity contribution in [3.8, 4) is 44.9 Å². The second-order valence-electron chi connectivity index (χ2n) is 19.9. The topological polar surface area (TPSA) is 9.86 Å². The van der Waals surface area contributed by atoms with Gasteiger partial charge in [0.1, 0.15) is 0 Å². The van der Waals surface area contributed by atoms with E-state index in [4.69, 9.17) is 0 Å². The summed E-state index contributed by atoms with van der Waals surface area (Å²) in [7, 11) is 0. The Labute approximate surface area is 435 Å². The first kappa shape index (κ1) is 42.9. The molecule has 0 unspecified atom stereocenters. The molecule has 2 nitrogen and oxygen atoms in total. The lowest BCUT2D eigenvalue weighted by Crippen LogP contribution is -2.04. The van der Waals surface area contributed by atoms with Crippen molar-refractivity contribution >= 4 is 92.0 Å². The molecule has 0 spiro atoms. The zero-order valence-electron chi connectivity index (χ0n) is 41.2. The van der Waals surface area contributed by atoms with Crippen molar-refractivity contribution in [2.75, 3.05) is 0 Å². The first-order valence-electron chi connectivity index (χ1n) is 26.0. The molecule has 0 N–H and O–H groups in total. The third-order valence-electron chi connectivity index (χ3n) is 15.8. The predicted octanol–water partition coefficient (Wildman–Crippen LogP) is 19.9. The van der Waals surface area contributed by atoms with Crippen LogP contribution in [0.2, 0.25) is 0 Å². The molecule has 350 valence electrons. The van der Waals surface area contributed by atoms with Crippen LogP contribution in [0.3, 0.4) is 0 Å². The first-order valence-corrected chi connectivity index (χ1v) is 26.0. The van der Waals surface area contributed by atoms with E-state index in [2.05, 4.69) is 283 Å². The minimum atomic E-state index is 0.743. The molecule has 0 atom stereocenters. The molecule has 2 heterocycles. The normalized spacial score (nSPS) is 15.2. The van der Waals surface area contributed by atoms with E-state index in [1.54, 1.807) is 0 Å². The summed E-state index contributed by atoms with van der Waals surface area (Å²) in [5.41, 5.74) is 15.3. The van der Waals surface area contributed by atoms with Crippen LogP contribution >= 0.6 is 0 Å². The molecule has 0 fully saturated rings. The van der Waals surface area contributed by atoms with Crippen LogP contribution in [-0.2, 0) is 0 Å². The van der Waals surface area contributed by atoms with Gasteiger partial charge in [-0.1, -0.05) is 249 Å². The quantitative estimate of drug-likeness (QED) is 0.147. The minimum Gasteiger partial charge on any atom is -0.308 e. The summed E-state index contributed by atoms with van der Waals surface area (Å²) >= 11 is 0. The summed E-state index contributed by atoms with van der Waals surface area (Å²) in [5.74, 6) is 0. The number of hydrogen-bond acceptors (Lipinski definition) is 0. The molecule has 0 amide bonds. The van der Waals surface area contributed by atoms with E-state index in [0.717, 1.165) is 23.4 Å². The Morgan fingerprint density at radius 3 is 1.29 bits per heavy atom. The zero-order valence-corrected chi connectivity index (χ0v) is 41.2. The molecule has 1 aliphatic rings. The maximum Gasteiger partial charge on any atom is 0.0626 e. The molecule has 0 bridgehead atoms. The number of benzene rings is 12. The maximum atomic E-state index is 4.32. The van der Waals surface area contributed by atoms with Crippen LogP contribution in [-0.4, -0.2) is 9.13 Å². The zero-order chi connectivity index (χ0) is 49.6. The number of para-hydroxylation sites is 2. The van der Waals surface area contributed by atoms with Crippen LogP contribution in [0, 0.1) is 0 Å². The van der Waals surface area contributed by atoms with E-state index in [-0.39, 0.29) is 0 Å². The predicted molar refractivity (Wildman–Crippen MR) is 322 cm³/mol. The van der Waals surface area contributed by atoms with Crippen LogP contribution in [0.1, 0.15) is 12.1 Å². The van der Waals surface area contributed by atoms with Crippen LogP contribution in [0.4, 0.5) is 0 Å². The Bertz CT molecular complexity index is 4800. The van der Waals surface area contributed by atoms with Crippen molar-refractivity contribution in [1.29, 1.82) is 0 Å². The highest BCUT2D eigenvalue weighted by molar-refractivity contribution is 6.28. The van der Waals surface area contributed by atoms with Gasteiger partial charge >= 0.3 is 0 Å². The highest BCUT2D eigenvalue weighted by atomic mass is 15.0. The monoisotopic (exact) mass is 952 g/mol. The van der Waals surface area contributed by atoms with E-state index in [9.17, 15) is 0 Å². The highest BCUT2D eigenvalue weighted by Crippen LogP contribution is 2.51. The van der Waals surface area contributed by atoms with Crippen LogP contribution < -0.4 is 0 Å². The van der Waals surface area contributed by atoms with Crippen molar-refractivity contribution < 1.29 is 0 Å². The Balaban J connectivity index is 1.06. The Morgan fingerprint density at radius 1 is 0.333 bits per heavy atom. The number of fused-ring (bicyclic) bond motifs is 5. The Kier molecular flexibility index (Phi) is 9.83. The largest absolute Gasteiger partial charge is 0.308 e. The summed E-state index contributed by atoms with van der Waals surface area (Å²) in [6.45, 7) is 4.32. The van der Waals surface area contributed by atoms with Crippen molar-refractivity contribution in [3.63, 3.8) is 0 Å². The van der Waals surface area contributed by atoms with Crippen LogP contribution in [0.5, 0.6) is 0 Å². The van der Waals surface area contributed by atoms with Gasteiger partial charge in [0.15, 0.2) is 0 Å². The fourth-order valence-corrected chi connectivity index (χ4v) is 12.6. The third kappa shape index (κ3) is 6.66. The molecule has 1 aliphatic carbocycles. The fourth-order valence-electron chi connectivity index (χ4n) is 12.6. The van der Waals surface area contributed by atoms with Gasteiger partial charge in [0.2, 0.25) is 0 Å². The summed E-state index contributed by atoms with van der Waals surface area (Å²) in [5, 5.41) is 17.1. The lowest BCUT2D eigenvalue weighted by atomic mass is 9.90. The van der Waals surface area contributed by atoms with Crippen LogP contribution in [0.25, 0.3) is 137 Å². The molecular formula is C73H48N2.